The number of benzene rings is 2. The molecule has 0 saturated heterocycles. The van der Waals surface area contributed by atoms with E-state index in [0.29, 0.717) is 11.4 Å². The number of nitrogens with zero attached hydrogens (tertiary/aromatic N) is 2. The average Bonchev–Trinajstić information content (AvgIpc) is 2.81. The molecule has 0 radical (unpaired) electrons. The lowest BCUT2D eigenvalue weighted by Gasteiger charge is -2.09. The predicted molar refractivity (Wildman–Crippen MR) is 78.8 cm³/mol. The van der Waals surface area contributed by atoms with Gasteiger partial charge in [-0.15, -0.1) is 0 Å². The third-order valence-electron chi connectivity index (χ3n) is 3.32. The molecule has 1 aromatic heterocycles. The summed E-state index contributed by atoms with van der Waals surface area (Å²) in [5, 5.41) is 19.7. The zero-order valence-electron chi connectivity index (χ0n) is 11.2. The highest BCUT2D eigenvalue weighted by Gasteiger charge is 2.15. The first-order valence-electron chi connectivity index (χ1n) is 6.68. The molecule has 0 bridgehead atoms. The van der Waals surface area contributed by atoms with Gasteiger partial charge in [-0.2, -0.15) is 0 Å². The Bertz CT molecular complexity index is 762. The molecule has 2 aromatic carbocycles. The van der Waals surface area contributed by atoms with Crippen molar-refractivity contribution in [3.63, 3.8) is 0 Å². The minimum absolute atomic E-state index is 0.118. The highest BCUT2D eigenvalue weighted by Crippen LogP contribution is 2.33. The largest absolute Gasteiger partial charge is 0.508 e. The van der Waals surface area contributed by atoms with E-state index in [-0.39, 0.29) is 11.5 Å². The molecule has 0 fully saturated rings. The molecular weight excluding hydrogens is 252 g/mol. The van der Waals surface area contributed by atoms with Crippen molar-refractivity contribution in [1.29, 1.82) is 0 Å². The van der Waals surface area contributed by atoms with Gasteiger partial charge in [-0.25, -0.2) is 4.98 Å². The van der Waals surface area contributed by atoms with Crippen molar-refractivity contribution < 1.29 is 10.2 Å². The van der Waals surface area contributed by atoms with Crippen LogP contribution >= 0.6 is 0 Å². The van der Waals surface area contributed by atoms with Crippen LogP contribution in [0.5, 0.6) is 11.5 Å². The molecule has 3 aromatic rings. The van der Waals surface area contributed by atoms with Crippen LogP contribution in [0.1, 0.15) is 13.3 Å². The van der Waals surface area contributed by atoms with Crippen LogP contribution in [0.15, 0.2) is 42.5 Å². The van der Waals surface area contributed by atoms with Crippen LogP contribution in [-0.4, -0.2) is 19.8 Å². The fourth-order valence-corrected chi connectivity index (χ4v) is 2.43. The lowest BCUT2D eigenvalue weighted by atomic mass is 10.1. The van der Waals surface area contributed by atoms with E-state index in [1.807, 2.05) is 24.3 Å². The maximum absolute atomic E-state index is 10.0. The molecule has 4 nitrogen and oxygen atoms in total. The fraction of sp³-hybridized carbons (Fsp3) is 0.188. The highest BCUT2D eigenvalue weighted by molar-refractivity contribution is 5.82. The van der Waals surface area contributed by atoms with Gasteiger partial charge in [0.05, 0.1) is 16.6 Å². The molecule has 4 heteroatoms. The number of hydrogen-bond donors (Lipinski definition) is 2. The van der Waals surface area contributed by atoms with Gasteiger partial charge in [0.1, 0.15) is 17.3 Å². The van der Waals surface area contributed by atoms with E-state index in [2.05, 4.69) is 16.5 Å². The van der Waals surface area contributed by atoms with Crippen molar-refractivity contribution in [3.8, 4) is 22.9 Å². The number of aryl methyl sites for hydroxylation is 1. The Balaban J connectivity index is 2.29. The molecule has 2 N–H and O–H groups in total. The van der Waals surface area contributed by atoms with Crippen molar-refractivity contribution in [2.24, 2.45) is 0 Å². The van der Waals surface area contributed by atoms with Crippen LogP contribution in [0.25, 0.3) is 22.4 Å². The van der Waals surface area contributed by atoms with Crippen molar-refractivity contribution in [3.05, 3.63) is 42.5 Å². The average molecular weight is 268 g/mol. The molecule has 20 heavy (non-hydrogen) atoms. The fourth-order valence-electron chi connectivity index (χ4n) is 2.43. The number of imidazole rings is 1. The first-order valence-corrected chi connectivity index (χ1v) is 6.68. The molecule has 0 atom stereocenters. The summed E-state index contributed by atoms with van der Waals surface area (Å²) in [5.41, 5.74) is 2.47. The molecule has 3 rings (SSSR count). The number of fused-ring (bicyclic) bond motifs is 1. The summed E-state index contributed by atoms with van der Waals surface area (Å²) in [5.74, 6) is 0.921. The third-order valence-corrected chi connectivity index (χ3v) is 3.32. The quantitative estimate of drug-likeness (QED) is 0.714. The standard InChI is InChI=1S/C16H16N2O2/c1-2-9-18-14-6-4-3-5-13(14)17-16(18)12-10-11(19)7-8-15(12)20/h3-8,10,19-20H,2,9H2,1H3. The molecule has 0 aliphatic carbocycles. The molecular formula is C16H16N2O2. The summed E-state index contributed by atoms with van der Waals surface area (Å²) in [7, 11) is 0. The lowest BCUT2D eigenvalue weighted by Crippen LogP contribution is -1.99. The normalized spacial score (nSPS) is 11.1. The Labute approximate surface area is 116 Å². The second-order valence-corrected chi connectivity index (χ2v) is 4.78. The SMILES string of the molecule is CCCn1c(-c2cc(O)ccc2O)nc2ccccc21. The number of para-hydroxylation sites is 2. The Morgan fingerprint density at radius 2 is 1.90 bits per heavy atom. The van der Waals surface area contributed by atoms with Gasteiger partial charge in [0.2, 0.25) is 0 Å². The van der Waals surface area contributed by atoms with E-state index in [4.69, 9.17) is 0 Å². The molecule has 0 amide bonds. The van der Waals surface area contributed by atoms with Crippen LogP contribution in [0.3, 0.4) is 0 Å². The van der Waals surface area contributed by atoms with Crippen molar-refractivity contribution >= 4 is 11.0 Å². The van der Waals surface area contributed by atoms with E-state index in [1.54, 1.807) is 6.07 Å². The topological polar surface area (TPSA) is 58.3 Å². The smallest absolute Gasteiger partial charge is 0.145 e. The van der Waals surface area contributed by atoms with Gasteiger partial charge in [-0.3, -0.25) is 0 Å². The second kappa shape index (κ2) is 4.89. The molecule has 0 aliphatic rings. The van der Waals surface area contributed by atoms with E-state index in [0.717, 1.165) is 24.0 Å². The maximum Gasteiger partial charge on any atom is 0.145 e. The second-order valence-electron chi connectivity index (χ2n) is 4.78. The number of phenolic OH excluding ortho intramolecular Hbond substituents is 2. The van der Waals surface area contributed by atoms with Gasteiger partial charge in [0.25, 0.3) is 0 Å². The molecule has 0 saturated carbocycles. The Hall–Kier alpha value is -2.49. The first kappa shape index (κ1) is 12.5. The van der Waals surface area contributed by atoms with Crippen LogP contribution in [0.4, 0.5) is 0 Å². The van der Waals surface area contributed by atoms with E-state index in [9.17, 15) is 10.2 Å². The Kier molecular flexibility index (Phi) is 3.06. The summed E-state index contributed by atoms with van der Waals surface area (Å²) < 4.78 is 2.07. The van der Waals surface area contributed by atoms with Gasteiger partial charge < -0.3 is 14.8 Å². The van der Waals surface area contributed by atoms with E-state index >= 15 is 0 Å². The summed E-state index contributed by atoms with van der Waals surface area (Å²) in [6, 6.07) is 12.4. The number of aromatic hydroxyl groups is 2. The number of phenols is 2. The van der Waals surface area contributed by atoms with Crippen LogP contribution in [0, 0.1) is 0 Å². The molecule has 102 valence electrons. The summed E-state index contributed by atoms with van der Waals surface area (Å²) in [4.78, 5) is 4.60. The van der Waals surface area contributed by atoms with Crippen LogP contribution in [-0.2, 0) is 6.54 Å². The van der Waals surface area contributed by atoms with Crippen LogP contribution < -0.4 is 0 Å². The van der Waals surface area contributed by atoms with Gasteiger partial charge in [0, 0.05) is 6.54 Å². The van der Waals surface area contributed by atoms with E-state index < -0.39 is 0 Å². The van der Waals surface area contributed by atoms with Gasteiger partial charge in [-0.1, -0.05) is 19.1 Å². The zero-order chi connectivity index (χ0) is 14.1. The van der Waals surface area contributed by atoms with Crippen LogP contribution in [0.2, 0.25) is 0 Å². The monoisotopic (exact) mass is 268 g/mol. The van der Waals surface area contributed by atoms with E-state index in [1.165, 1.54) is 12.1 Å². The Morgan fingerprint density at radius 1 is 1.10 bits per heavy atom. The van der Waals surface area contributed by atoms with Crippen molar-refractivity contribution in [2.45, 2.75) is 19.9 Å². The summed E-state index contributed by atoms with van der Waals surface area (Å²) in [6.45, 7) is 2.91. The number of aromatic nitrogens is 2. The van der Waals surface area contributed by atoms with Gasteiger partial charge in [-0.05, 0) is 36.8 Å². The highest BCUT2D eigenvalue weighted by atomic mass is 16.3. The summed E-state index contributed by atoms with van der Waals surface area (Å²) in [6.07, 6.45) is 0.965. The lowest BCUT2D eigenvalue weighted by molar-refractivity contribution is 0.461. The Morgan fingerprint density at radius 3 is 2.70 bits per heavy atom. The predicted octanol–water partition coefficient (Wildman–Crippen LogP) is 3.52. The number of rotatable bonds is 3. The van der Waals surface area contributed by atoms with Gasteiger partial charge >= 0.3 is 0 Å². The minimum atomic E-state index is 0.118. The molecule has 0 aliphatic heterocycles. The number of hydrogen-bond acceptors (Lipinski definition) is 3. The van der Waals surface area contributed by atoms with Crippen molar-refractivity contribution in [2.75, 3.05) is 0 Å². The summed E-state index contributed by atoms with van der Waals surface area (Å²) >= 11 is 0. The molecule has 0 spiro atoms. The zero-order valence-corrected chi connectivity index (χ0v) is 11.2. The maximum atomic E-state index is 10.0. The molecule has 0 unspecified atom stereocenters. The third kappa shape index (κ3) is 1.99. The van der Waals surface area contributed by atoms with Gasteiger partial charge in [0.15, 0.2) is 0 Å². The van der Waals surface area contributed by atoms with Crippen molar-refractivity contribution in [1.82, 2.24) is 9.55 Å². The first-order chi connectivity index (χ1) is 9.70. The molecule has 1 heterocycles. The minimum Gasteiger partial charge on any atom is -0.508 e.